The second-order valence-corrected chi connectivity index (χ2v) is 10.4. The Morgan fingerprint density at radius 3 is 2.59 bits per heavy atom. The Morgan fingerprint density at radius 1 is 1.16 bits per heavy atom. The summed E-state index contributed by atoms with van der Waals surface area (Å²) in [4.78, 5) is 39.2. The normalized spacial score (nSPS) is 19.9. The number of aromatic hydroxyl groups is 2. The number of nitrogens with one attached hydrogen (secondary N) is 1. The molecule has 1 atom stereocenters. The van der Waals surface area contributed by atoms with Gasteiger partial charge in [0.1, 0.15) is 34.0 Å². The molecule has 0 unspecified atom stereocenters. The van der Waals surface area contributed by atoms with E-state index < -0.39 is 28.5 Å². The molecule has 0 bridgehead atoms. The molecule has 2 aromatic carbocycles. The van der Waals surface area contributed by atoms with Gasteiger partial charge in [0.05, 0.1) is 11.1 Å². The molecule has 9 heteroatoms. The van der Waals surface area contributed by atoms with Crippen LogP contribution in [0.5, 0.6) is 17.2 Å². The van der Waals surface area contributed by atoms with Crippen molar-refractivity contribution in [3.63, 3.8) is 0 Å². The number of benzene rings is 2. The molecular weight excluding hydrogens is 540 g/mol. The van der Waals surface area contributed by atoms with Crippen molar-refractivity contribution in [3.8, 4) is 17.2 Å². The van der Waals surface area contributed by atoms with Crippen LogP contribution in [0.3, 0.4) is 0 Å². The molecule has 0 spiro atoms. The number of hydrogen-bond donors (Lipinski definition) is 3. The number of carbonyl (C=O) groups excluding carboxylic acids is 3. The topological polar surface area (TPSA) is 118 Å². The lowest BCUT2D eigenvalue weighted by atomic mass is 9.70. The molecule has 0 saturated carbocycles. The number of nitrogens with zero attached hydrogens (tertiary/aromatic N) is 1. The standard InChI is InChI=1S/C28H25BrN2O6/c1-13-24(34)22(15(3)32)26-23(25(13)35)28(4)20(37-26)12-19(33)21(27(28)36)14(2)30-8-10-31-9-7-16-5-6-17(29)11-18(16)31/h5-7,9,11-12,30,34-35H,8,10H2,1-4H3/b21-14+/t28-/m0/s1. The number of ether oxygens (including phenoxy) is 1. The molecule has 1 aliphatic carbocycles. The van der Waals surface area contributed by atoms with E-state index in [0.29, 0.717) is 18.8 Å². The van der Waals surface area contributed by atoms with Crippen LogP contribution in [0.4, 0.5) is 0 Å². The zero-order valence-corrected chi connectivity index (χ0v) is 22.3. The number of phenols is 2. The van der Waals surface area contributed by atoms with Crippen LogP contribution in [0.1, 0.15) is 42.3 Å². The number of fused-ring (bicyclic) bond motifs is 4. The maximum atomic E-state index is 13.9. The van der Waals surface area contributed by atoms with Crippen LogP contribution in [0.25, 0.3) is 10.9 Å². The molecule has 1 aromatic heterocycles. The number of phenolic OH excluding ortho intramolecular Hbond substituents is 2. The summed E-state index contributed by atoms with van der Waals surface area (Å²) in [5.41, 5.74) is -0.111. The Labute approximate surface area is 221 Å². The van der Waals surface area contributed by atoms with E-state index in [-0.39, 0.29) is 39.5 Å². The average Bonchev–Trinajstić information content (AvgIpc) is 3.36. The lowest BCUT2D eigenvalue weighted by molar-refractivity contribution is -0.123. The highest BCUT2D eigenvalue weighted by Gasteiger charge is 2.56. The van der Waals surface area contributed by atoms with Crippen LogP contribution >= 0.6 is 15.9 Å². The Kier molecular flexibility index (Phi) is 5.79. The van der Waals surface area contributed by atoms with Gasteiger partial charge in [-0.15, -0.1) is 0 Å². The van der Waals surface area contributed by atoms with Gasteiger partial charge >= 0.3 is 0 Å². The Balaban J connectivity index is 1.50. The number of Topliss-reactive ketones (excluding diaryl/α,β-unsaturated/α-hetero) is 2. The first-order chi connectivity index (χ1) is 17.5. The largest absolute Gasteiger partial charge is 0.507 e. The highest BCUT2D eigenvalue weighted by atomic mass is 79.9. The van der Waals surface area contributed by atoms with E-state index in [0.717, 1.165) is 15.4 Å². The van der Waals surface area contributed by atoms with Crippen LogP contribution in [0.15, 0.2) is 58.0 Å². The van der Waals surface area contributed by atoms with E-state index >= 15 is 0 Å². The fourth-order valence-electron chi connectivity index (χ4n) is 5.17. The summed E-state index contributed by atoms with van der Waals surface area (Å²) in [5, 5.41) is 25.7. The van der Waals surface area contributed by atoms with Crippen LogP contribution in [-0.4, -0.2) is 38.7 Å². The smallest absolute Gasteiger partial charge is 0.194 e. The minimum absolute atomic E-state index is 0.0150. The van der Waals surface area contributed by atoms with Gasteiger partial charge in [-0.25, -0.2) is 0 Å². The third-order valence-corrected chi connectivity index (χ3v) is 7.73. The van der Waals surface area contributed by atoms with Crippen molar-refractivity contribution < 1.29 is 29.3 Å². The fraction of sp³-hybridized carbons (Fsp3) is 0.250. The van der Waals surface area contributed by atoms with E-state index in [1.807, 2.05) is 30.5 Å². The number of aromatic nitrogens is 1. The minimum atomic E-state index is -1.53. The van der Waals surface area contributed by atoms with Gasteiger partial charge in [0.15, 0.2) is 17.3 Å². The van der Waals surface area contributed by atoms with Crippen LogP contribution in [0.2, 0.25) is 0 Å². The van der Waals surface area contributed by atoms with Crippen molar-refractivity contribution >= 4 is 44.2 Å². The third-order valence-electron chi connectivity index (χ3n) is 7.24. The van der Waals surface area contributed by atoms with Gasteiger partial charge in [-0.3, -0.25) is 14.4 Å². The SMILES string of the molecule is CC(=O)c1c(O)c(C)c(O)c2c1OC1=CC(=O)/C(=C(/C)NCCn3ccc4ccc(Br)cc43)C(=O)[C@@]12C. The summed E-state index contributed by atoms with van der Waals surface area (Å²) in [6.45, 7) is 6.98. The van der Waals surface area contributed by atoms with E-state index in [4.69, 9.17) is 4.74 Å². The summed E-state index contributed by atoms with van der Waals surface area (Å²) in [7, 11) is 0. The van der Waals surface area contributed by atoms with Crippen molar-refractivity contribution in [2.24, 2.45) is 0 Å². The van der Waals surface area contributed by atoms with Crippen LogP contribution < -0.4 is 10.1 Å². The number of halogens is 1. The summed E-state index contributed by atoms with van der Waals surface area (Å²) < 4.78 is 8.85. The predicted molar refractivity (Wildman–Crippen MR) is 141 cm³/mol. The Morgan fingerprint density at radius 2 is 1.89 bits per heavy atom. The van der Waals surface area contributed by atoms with Crippen molar-refractivity contribution in [3.05, 3.63) is 74.7 Å². The zero-order chi connectivity index (χ0) is 26.8. The molecule has 2 heterocycles. The number of hydrogen-bond acceptors (Lipinski definition) is 7. The van der Waals surface area contributed by atoms with Gasteiger partial charge < -0.3 is 24.8 Å². The predicted octanol–water partition coefficient (Wildman–Crippen LogP) is 4.58. The molecule has 1 aliphatic heterocycles. The molecule has 0 saturated heterocycles. The quantitative estimate of drug-likeness (QED) is 0.236. The van der Waals surface area contributed by atoms with Crippen molar-refractivity contribution in [1.82, 2.24) is 9.88 Å². The average molecular weight is 565 g/mol. The van der Waals surface area contributed by atoms with Gasteiger partial charge in [-0.05, 0) is 51.3 Å². The summed E-state index contributed by atoms with van der Waals surface area (Å²) in [6.07, 6.45) is 3.20. The number of allylic oxidation sites excluding steroid dienone is 4. The first kappa shape index (κ1) is 24.8. The van der Waals surface area contributed by atoms with Gasteiger partial charge in [0, 0.05) is 46.6 Å². The van der Waals surface area contributed by atoms with Gasteiger partial charge in [0.2, 0.25) is 0 Å². The van der Waals surface area contributed by atoms with E-state index in [1.165, 1.54) is 19.9 Å². The number of ketones is 3. The molecule has 3 N–H and O–H groups in total. The molecular formula is C28H25BrN2O6. The molecule has 2 aliphatic rings. The molecule has 8 nitrogen and oxygen atoms in total. The fourth-order valence-corrected chi connectivity index (χ4v) is 5.52. The summed E-state index contributed by atoms with van der Waals surface area (Å²) in [5.74, 6) is -2.41. The maximum Gasteiger partial charge on any atom is 0.194 e. The van der Waals surface area contributed by atoms with Crippen molar-refractivity contribution in [2.75, 3.05) is 6.54 Å². The number of rotatable bonds is 5. The van der Waals surface area contributed by atoms with Gasteiger partial charge in [-0.1, -0.05) is 22.0 Å². The minimum Gasteiger partial charge on any atom is -0.507 e. The van der Waals surface area contributed by atoms with Crippen LogP contribution in [0, 0.1) is 6.92 Å². The third kappa shape index (κ3) is 3.60. The lowest BCUT2D eigenvalue weighted by Crippen LogP contribution is -2.41. The van der Waals surface area contributed by atoms with Crippen molar-refractivity contribution in [2.45, 2.75) is 39.7 Å². The highest BCUT2D eigenvalue weighted by Crippen LogP contribution is 2.57. The van der Waals surface area contributed by atoms with Crippen molar-refractivity contribution in [1.29, 1.82) is 0 Å². The van der Waals surface area contributed by atoms with Crippen LogP contribution in [-0.2, 0) is 21.5 Å². The molecule has 190 valence electrons. The highest BCUT2D eigenvalue weighted by molar-refractivity contribution is 9.10. The molecule has 0 fully saturated rings. The van der Waals surface area contributed by atoms with Gasteiger partial charge in [-0.2, -0.15) is 0 Å². The second kappa shape index (κ2) is 8.62. The first-order valence-electron chi connectivity index (χ1n) is 11.7. The van der Waals surface area contributed by atoms with E-state index in [1.54, 1.807) is 13.8 Å². The lowest BCUT2D eigenvalue weighted by Gasteiger charge is -2.29. The summed E-state index contributed by atoms with van der Waals surface area (Å²) >= 11 is 3.50. The number of carbonyl (C=O) groups is 3. The Hall–Kier alpha value is -3.85. The van der Waals surface area contributed by atoms with E-state index in [9.17, 15) is 24.6 Å². The Bertz CT molecular complexity index is 1610. The first-order valence-corrected chi connectivity index (χ1v) is 12.5. The summed E-state index contributed by atoms with van der Waals surface area (Å²) in [6, 6.07) is 8.05. The molecule has 0 amide bonds. The van der Waals surface area contributed by atoms with E-state index in [2.05, 4.69) is 25.8 Å². The molecule has 3 aromatic rings. The zero-order valence-electron chi connectivity index (χ0n) is 20.7. The molecule has 0 radical (unpaired) electrons. The maximum absolute atomic E-state index is 13.9. The molecule has 5 rings (SSSR count). The second-order valence-electron chi connectivity index (χ2n) is 9.53. The van der Waals surface area contributed by atoms with Gasteiger partial charge in [0.25, 0.3) is 0 Å². The monoisotopic (exact) mass is 564 g/mol. The molecule has 37 heavy (non-hydrogen) atoms.